The van der Waals surface area contributed by atoms with Crippen molar-refractivity contribution in [1.82, 2.24) is 0 Å². The number of hydrogen-bond donors (Lipinski definition) is 2. The van der Waals surface area contributed by atoms with Crippen molar-refractivity contribution in [3.8, 4) is 0 Å². The predicted octanol–water partition coefficient (Wildman–Crippen LogP) is 15.8. The Morgan fingerprint density at radius 2 is 0.759 bits per heavy atom. The molecular formula is C49H97O8P. The predicted molar refractivity (Wildman–Crippen MR) is 244 cm³/mol. The molecule has 0 aromatic rings. The molecule has 0 radical (unpaired) electrons. The lowest BCUT2D eigenvalue weighted by molar-refractivity contribution is -0.161. The van der Waals surface area contributed by atoms with Gasteiger partial charge in [-0.1, -0.05) is 252 Å². The first-order valence-corrected chi connectivity index (χ1v) is 26.8. The molecule has 0 aromatic heterocycles. The van der Waals surface area contributed by atoms with Crippen molar-refractivity contribution in [3.05, 3.63) is 0 Å². The van der Waals surface area contributed by atoms with E-state index in [0.717, 1.165) is 38.0 Å². The second kappa shape index (κ2) is 44.1. The summed E-state index contributed by atoms with van der Waals surface area (Å²) in [7, 11) is -4.75. The lowest BCUT2D eigenvalue weighted by Crippen LogP contribution is -2.29. The minimum absolute atomic E-state index is 0.220. The highest BCUT2D eigenvalue weighted by Crippen LogP contribution is 2.36. The molecule has 58 heavy (non-hydrogen) atoms. The fourth-order valence-electron chi connectivity index (χ4n) is 7.76. The molecule has 0 saturated heterocycles. The average Bonchev–Trinajstić information content (AvgIpc) is 3.20. The van der Waals surface area contributed by atoms with Crippen LogP contribution in [0.5, 0.6) is 0 Å². The van der Waals surface area contributed by atoms with Gasteiger partial charge in [-0.25, -0.2) is 4.57 Å². The summed E-state index contributed by atoms with van der Waals surface area (Å²) in [5.74, 6) is 0.0380. The van der Waals surface area contributed by atoms with Crippen LogP contribution in [0.15, 0.2) is 0 Å². The van der Waals surface area contributed by atoms with Gasteiger partial charge in [-0.15, -0.1) is 0 Å². The number of carbonyl (C=O) groups is 2. The van der Waals surface area contributed by atoms with Crippen LogP contribution >= 0.6 is 7.82 Å². The summed E-state index contributed by atoms with van der Waals surface area (Å²) in [6.45, 7) is 6.14. The molecule has 0 saturated carbocycles. The molecule has 346 valence electrons. The summed E-state index contributed by atoms with van der Waals surface area (Å²) in [5, 5.41) is 0. The number of esters is 2. The standard InChI is InChI=1S/C49H97O8P/c1-4-6-7-8-9-10-11-12-13-14-18-21-24-27-30-33-36-39-42-48(50)55-44-47(45-56-58(52,53)54)57-49(51)43-40-37-34-31-28-25-22-19-16-15-17-20-23-26-29-32-35-38-41-46(3)5-2/h46-47H,4-45H2,1-3H3,(H2,52,53,54)/t46?,47-/m1/s1. The maximum absolute atomic E-state index is 12.5. The van der Waals surface area contributed by atoms with Crippen LogP contribution in [-0.2, 0) is 28.2 Å². The number of carbonyl (C=O) groups excluding carboxylic acids is 2. The molecule has 0 rings (SSSR count). The number of ether oxygens (including phenoxy) is 2. The van der Waals surface area contributed by atoms with Crippen LogP contribution in [0.2, 0.25) is 0 Å². The van der Waals surface area contributed by atoms with Crippen molar-refractivity contribution < 1.29 is 37.9 Å². The van der Waals surface area contributed by atoms with Crippen LogP contribution in [-0.4, -0.2) is 41.0 Å². The smallest absolute Gasteiger partial charge is 0.462 e. The molecule has 0 aliphatic heterocycles. The fraction of sp³-hybridized carbons (Fsp3) is 0.959. The molecule has 2 atom stereocenters. The first-order chi connectivity index (χ1) is 28.2. The van der Waals surface area contributed by atoms with Crippen molar-refractivity contribution in [1.29, 1.82) is 0 Å². The number of unbranched alkanes of at least 4 members (excludes halogenated alkanes) is 34. The maximum Gasteiger partial charge on any atom is 0.469 e. The Labute approximate surface area is 359 Å². The van der Waals surface area contributed by atoms with E-state index in [0.29, 0.717) is 6.42 Å². The van der Waals surface area contributed by atoms with E-state index < -0.39 is 32.5 Å². The van der Waals surface area contributed by atoms with Gasteiger partial charge in [-0.05, 0) is 18.8 Å². The zero-order chi connectivity index (χ0) is 42.6. The van der Waals surface area contributed by atoms with Crippen molar-refractivity contribution >= 4 is 19.8 Å². The molecule has 0 heterocycles. The van der Waals surface area contributed by atoms with Crippen molar-refractivity contribution in [2.45, 2.75) is 284 Å². The van der Waals surface area contributed by atoms with E-state index in [1.807, 2.05) is 0 Å². The third-order valence-electron chi connectivity index (χ3n) is 11.9. The molecule has 0 aliphatic carbocycles. The number of phosphoric ester groups is 1. The van der Waals surface area contributed by atoms with Crippen LogP contribution in [0.4, 0.5) is 0 Å². The van der Waals surface area contributed by atoms with Gasteiger partial charge in [0.2, 0.25) is 0 Å². The van der Waals surface area contributed by atoms with Crippen LogP contribution in [0.3, 0.4) is 0 Å². The van der Waals surface area contributed by atoms with E-state index >= 15 is 0 Å². The second-order valence-electron chi connectivity index (χ2n) is 17.8. The van der Waals surface area contributed by atoms with Crippen molar-refractivity contribution in [3.63, 3.8) is 0 Å². The normalized spacial score (nSPS) is 12.8. The molecule has 1 unspecified atom stereocenters. The quantitative estimate of drug-likeness (QED) is 0.0353. The molecular weight excluding hydrogens is 748 g/mol. The van der Waals surface area contributed by atoms with Crippen LogP contribution < -0.4 is 0 Å². The summed E-state index contributed by atoms with van der Waals surface area (Å²) in [6, 6.07) is 0. The lowest BCUT2D eigenvalue weighted by Gasteiger charge is -2.18. The minimum Gasteiger partial charge on any atom is -0.462 e. The number of rotatable bonds is 47. The van der Waals surface area contributed by atoms with Crippen LogP contribution in [0.25, 0.3) is 0 Å². The third kappa shape index (κ3) is 46.1. The van der Waals surface area contributed by atoms with Gasteiger partial charge < -0.3 is 19.3 Å². The largest absolute Gasteiger partial charge is 0.469 e. The third-order valence-corrected chi connectivity index (χ3v) is 12.4. The maximum atomic E-state index is 12.5. The summed E-state index contributed by atoms with van der Waals surface area (Å²) in [5.41, 5.74) is 0. The summed E-state index contributed by atoms with van der Waals surface area (Å²) in [4.78, 5) is 43.1. The van der Waals surface area contributed by atoms with Gasteiger partial charge in [0, 0.05) is 12.8 Å². The molecule has 9 heteroatoms. The van der Waals surface area contributed by atoms with E-state index in [-0.39, 0.29) is 19.4 Å². The van der Waals surface area contributed by atoms with E-state index in [9.17, 15) is 14.2 Å². The molecule has 0 aromatic carbocycles. The topological polar surface area (TPSA) is 119 Å². The molecule has 0 aliphatic rings. The first-order valence-electron chi connectivity index (χ1n) is 25.2. The Morgan fingerprint density at radius 1 is 0.448 bits per heavy atom. The van der Waals surface area contributed by atoms with Gasteiger partial charge >= 0.3 is 19.8 Å². The van der Waals surface area contributed by atoms with E-state index in [2.05, 4.69) is 25.3 Å². The van der Waals surface area contributed by atoms with E-state index in [4.69, 9.17) is 19.3 Å². The highest BCUT2D eigenvalue weighted by molar-refractivity contribution is 7.46. The van der Waals surface area contributed by atoms with Gasteiger partial charge in [0.25, 0.3) is 0 Å². The fourth-order valence-corrected chi connectivity index (χ4v) is 8.13. The second-order valence-corrected chi connectivity index (χ2v) is 19.0. The Balaban J connectivity index is 3.77. The molecule has 0 fully saturated rings. The Morgan fingerprint density at radius 3 is 1.09 bits per heavy atom. The average molecular weight is 845 g/mol. The summed E-state index contributed by atoms with van der Waals surface area (Å²) in [6.07, 6.45) is 48.3. The molecule has 0 amide bonds. The molecule has 0 spiro atoms. The van der Waals surface area contributed by atoms with Gasteiger partial charge in [-0.3, -0.25) is 14.1 Å². The Kier molecular flexibility index (Phi) is 43.4. The van der Waals surface area contributed by atoms with E-state index in [1.54, 1.807) is 0 Å². The van der Waals surface area contributed by atoms with Gasteiger partial charge in [0.15, 0.2) is 6.10 Å². The molecule has 8 nitrogen and oxygen atoms in total. The Hall–Kier alpha value is -0.950. The SMILES string of the molecule is CCCCCCCCCCCCCCCCCCCCC(=O)OC[C@H](COP(=O)(O)O)OC(=O)CCCCCCCCCCCCCCCCCCCCC(C)CC. The Bertz CT molecular complexity index is 924. The van der Waals surface area contributed by atoms with Crippen LogP contribution in [0, 0.1) is 5.92 Å². The van der Waals surface area contributed by atoms with Gasteiger partial charge in [0.05, 0.1) is 6.61 Å². The number of phosphoric acid groups is 1. The molecule has 2 N–H and O–H groups in total. The number of hydrogen-bond acceptors (Lipinski definition) is 6. The monoisotopic (exact) mass is 845 g/mol. The zero-order valence-electron chi connectivity index (χ0n) is 38.6. The van der Waals surface area contributed by atoms with Gasteiger partial charge in [0.1, 0.15) is 6.61 Å². The van der Waals surface area contributed by atoms with Crippen LogP contribution in [0.1, 0.15) is 278 Å². The van der Waals surface area contributed by atoms with E-state index in [1.165, 1.54) is 205 Å². The lowest BCUT2D eigenvalue weighted by atomic mass is 9.99. The highest BCUT2D eigenvalue weighted by atomic mass is 31.2. The van der Waals surface area contributed by atoms with Crippen molar-refractivity contribution in [2.75, 3.05) is 13.2 Å². The minimum atomic E-state index is -4.75. The summed E-state index contributed by atoms with van der Waals surface area (Å²) >= 11 is 0. The highest BCUT2D eigenvalue weighted by Gasteiger charge is 2.23. The first kappa shape index (κ1) is 57.1. The van der Waals surface area contributed by atoms with Gasteiger partial charge in [-0.2, -0.15) is 0 Å². The molecule has 0 bridgehead atoms. The zero-order valence-corrected chi connectivity index (χ0v) is 39.5. The summed E-state index contributed by atoms with van der Waals surface area (Å²) < 4.78 is 26.5. The van der Waals surface area contributed by atoms with Crippen molar-refractivity contribution in [2.24, 2.45) is 5.92 Å².